The Bertz CT molecular complexity index is 182. The molecule has 84 valence electrons. The number of hydrogen-bond acceptors (Lipinski definition) is 2. The molecule has 0 aliphatic rings. The summed E-state index contributed by atoms with van der Waals surface area (Å²) in [4.78, 5) is 11.1. The minimum atomic E-state index is -0.761. The van der Waals surface area contributed by atoms with Gasteiger partial charge in [-0.2, -0.15) is 0 Å². The van der Waals surface area contributed by atoms with Crippen LogP contribution in [0.3, 0.4) is 0 Å². The van der Waals surface area contributed by atoms with Crippen molar-refractivity contribution in [2.75, 3.05) is 0 Å². The van der Waals surface area contributed by atoms with Crippen LogP contribution in [0.2, 0.25) is 0 Å². The van der Waals surface area contributed by atoms with E-state index in [1.54, 1.807) is 6.92 Å². The number of carbonyl (C=O) groups is 1. The first-order valence-corrected chi connectivity index (χ1v) is 5.47. The van der Waals surface area contributed by atoms with E-state index in [-0.39, 0.29) is 6.04 Å². The van der Waals surface area contributed by atoms with E-state index in [9.17, 15) is 4.79 Å². The summed E-state index contributed by atoms with van der Waals surface area (Å²) in [6, 6.07) is 0.271. The van der Waals surface area contributed by atoms with Gasteiger partial charge in [-0.25, -0.2) is 0 Å². The largest absolute Gasteiger partial charge is 0.480 e. The van der Waals surface area contributed by atoms with Crippen molar-refractivity contribution in [3.8, 4) is 0 Å². The fourth-order valence-electron chi connectivity index (χ4n) is 1.79. The van der Waals surface area contributed by atoms with Gasteiger partial charge < -0.3 is 5.11 Å². The molecule has 3 nitrogen and oxygen atoms in total. The van der Waals surface area contributed by atoms with Gasteiger partial charge in [0, 0.05) is 6.04 Å². The molecule has 0 aromatic rings. The van der Waals surface area contributed by atoms with Crippen LogP contribution in [0, 0.1) is 0 Å². The van der Waals surface area contributed by atoms with Crippen molar-refractivity contribution in [3.05, 3.63) is 0 Å². The smallest absolute Gasteiger partial charge is 0.323 e. The van der Waals surface area contributed by atoms with Gasteiger partial charge in [0.15, 0.2) is 0 Å². The van der Waals surface area contributed by atoms with Gasteiger partial charge in [-0.05, 0) is 26.7 Å². The van der Waals surface area contributed by atoms with Crippen LogP contribution in [-0.2, 0) is 4.79 Å². The van der Waals surface area contributed by atoms with Crippen molar-refractivity contribution >= 4 is 5.97 Å². The molecule has 2 N–H and O–H groups in total. The zero-order chi connectivity index (χ0) is 11.2. The third-order valence-electron chi connectivity index (χ3n) is 2.51. The first-order valence-electron chi connectivity index (χ1n) is 5.47. The van der Waals surface area contributed by atoms with Crippen molar-refractivity contribution in [2.45, 2.75) is 65.0 Å². The van der Waals surface area contributed by atoms with Crippen molar-refractivity contribution in [3.63, 3.8) is 0 Å². The summed E-state index contributed by atoms with van der Waals surface area (Å²) in [5.74, 6) is -0.748. The standard InChI is InChI=1S/C11H23NO2/c1-5-7-9(3)12-11(4,8-6-2)10(13)14/h9,12H,5-8H2,1-4H3,(H,13,14). The van der Waals surface area contributed by atoms with E-state index in [2.05, 4.69) is 12.2 Å². The molecule has 0 aromatic carbocycles. The molecule has 0 spiro atoms. The molecule has 0 bridgehead atoms. The fraction of sp³-hybridized carbons (Fsp3) is 0.909. The average Bonchev–Trinajstić information content (AvgIpc) is 2.04. The summed E-state index contributed by atoms with van der Waals surface area (Å²) in [6.45, 7) is 7.93. The molecule has 0 radical (unpaired) electrons. The van der Waals surface area contributed by atoms with Crippen LogP contribution in [0.5, 0.6) is 0 Å². The summed E-state index contributed by atoms with van der Waals surface area (Å²) < 4.78 is 0. The minimum absolute atomic E-state index is 0.271. The zero-order valence-corrected chi connectivity index (χ0v) is 9.76. The maximum Gasteiger partial charge on any atom is 0.323 e. The van der Waals surface area contributed by atoms with Gasteiger partial charge in [0.05, 0.1) is 0 Å². The molecule has 0 fully saturated rings. The molecule has 0 heterocycles. The van der Waals surface area contributed by atoms with Gasteiger partial charge in [0.25, 0.3) is 0 Å². The van der Waals surface area contributed by atoms with E-state index >= 15 is 0 Å². The minimum Gasteiger partial charge on any atom is -0.480 e. The van der Waals surface area contributed by atoms with Crippen LogP contribution in [0.25, 0.3) is 0 Å². The molecular formula is C11H23NO2. The molecule has 0 rings (SSSR count). The summed E-state index contributed by atoms with van der Waals surface area (Å²) >= 11 is 0. The molecule has 0 aliphatic heterocycles. The summed E-state index contributed by atoms with van der Waals surface area (Å²) in [5.41, 5.74) is -0.761. The number of carboxylic acid groups (broad SMARTS) is 1. The maximum absolute atomic E-state index is 11.1. The van der Waals surface area contributed by atoms with Crippen molar-refractivity contribution < 1.29 is 9.90 Å². The van der Waals surface area contributed by atoms with Crippen molar-refractivity contribution in [1.29, 1.82) is 0 Å². The molecule has 0 saturated heterocycles. The van der Waals surface area contributed by atoms with Gasteiger partial charge >= 0.3 is 5.97 Å². The predicted octanol–water partition coefficient (Wildman–Crippen LogP) is 2.41. The highest BCUT2D eigenvalue weighted by Gasteiger charge is 2.32. The van der Waals surface area contributed by atoms with Crippen LogP contribution in [-0.4, -0.2) is 22.7 Å². The highest BCUT2D eigenvalue weighted by atomic mass is 16.4. The van der Waals surface area contributed by atoms with E-state index in [1.165, 1.54) is 0 Å². The van der Waals surface area contributed by atoms with Crippen LogP contribution in [0.1, 0.15) is 53.4 Å². The average molecular weight is 201 g/mol. The topological polar surface area (TPSA) is 49.3 Å². The first kappa shape index (κ1) is 13.4. The lowest BCUT2D eigenvalue weighted by molar-refractivity contribution is -0.144. The summed E-state index contributed by atoms with van der Waals surface area (Å²) in [7, 11) is 0. The number of nitrogens with one attached hydrogen (secondary N) is 1. The SMILES string of the molecule is CCCC(C)NC(C)(CCC)C(=O)O. The van der Waals surface area contributed by atoms with Crippen LogP contribution < -0.4 is 5.32 Å². The number of carboxylic acids is 1. The Kier molecular flexibility index (Phi) is 5.77. The lowest BCUT2D eigenvalue weighted by atomic mass is 9.94. The zero-order valence-electron chi connectivity index (χ0n) is 9.76. The molecule has 14 heavy (non-hydrogen) atoms. The predicted molar refractivity (Wildman–Crippen MR) is 58.5 cm³/mol. The van der Waals surface area contributed by atoms with Crippen LogP contribution in [0.4, 0.5) is 0 Å². The van der Waals surface area contributed by atoms with E-state index in [4.69, 9.17) is 5.11 Å². The highest BCUT2D eigenvalue weighted by molar-refractivity contribution is 5.78. The monoisotopic (exact) mass is 201 g/mol. The van der Waals surface area contributed by atoms with E-state index in [1.807, 2.05) is 13.8 Å². The van der Waals surface area contributed by atoms with Crippen LogP contribution in [0.15, 0.2) is 0 Å². The van der Waals surface area contributed by atoms with Gasteiger partial charge in [0.1, 0.15) is 5.54 Å². The number of rotatable bonds is 7. The van der Waals surface area contributed by atoms with Crippen LogP contribution >= 0.6 is 0 Å². The molecular weight excluding hydrogens is 178 g/mol. The Hall–Kier alpha value is -0.570. The van der Waals surface area contributed by atoms with Gasteiger partial charge in [-0.1, -0.05) is 26.7 Å². The third kappa shape index (κ3) is 4.09. The second-order valence-corrected chi connectivity index (χ2v) is 4.22. The Morgan fingerprint density at radius 1 is 1.43 bits per heavy atom. The van der Waals surface area contributed by atoms with Crippen molar-refractivity contribution in [2.24, 2.45) is 0 Å². The van der Waals surface area contributed by atoms with Gasteiger partial charge in [-0.3, -0.25) is 10.1 Å². The normalized spacial score (nSPS) is 17.4. The quantitative estimate of drug-likeness (QED) is 0.665. The fourth-order valence-corrected chi connectivity index (χ4v) is 1.79. The molecule has 2 atom stereocenters. The lowest BCUT2D eigenvalue weighted by Gasteiger charge is -2.29. The Morgan fingerprint density at radius 2 is 2.00 bits per heavy atom. The summed E-state index contributed by atoms with van der Waals surface area (Å²) in [5, 5.41) is 12.3. The highest BCUT2D eigenvalue weighted by Crippen LogP contribution is 2.14. The Balaban J connectivity index is 4.28. The van der Waals surface area contributed by atoms with E-state index in [0.29, 0.717) is 6.42 Å². The van der Waals surface area contributed by atoms with Gasteiger partial charge in [-0.15, -0.1) is 0 Å². The van der Waals surface area contributed by atoms with E-state index in [0.717, 1.165) is 19.3 Å². The molecule has 2 unspecified atom stereocenters. The second kappa shape index (κ2) is 6.02. The third-order valence-corrected chi connectivity index (χ3v) is 2.51. The van der Waals surface area contributed by atoms with E-state index < -0.39 is 11.5 Å². The molecule has 0 aromatic heterocycles. The molecule has 0 saturated carbocycles. The summed E-state index contributed by atoms with van der Waals surface area (Å²) in [6.07, 6.45) is 3.66. The first-order chi connectivity index (χ1) is 6.46. The molecule has 3 heteroatoms. The lowest BCUT2D eigenvalue weighted by Crippen LogP contribution is -2.52. The second-order valence-electron chi connectivity index (χ2n) is 4.22. The Morgan fingerprint density at radius 3 is 2.36 bits per heavy atom. The van der Waals surface area contributed by atoms with Gasteiger partial charge in [0.2, 0.25) is 0 Å². The number of aliphatic carboxylic acids is 1. The molecule has 0 amide bonds. The Labute approximate surface area is 86.9 Å². The molecule has 0 aliphatic carbocycles. The number of hydrogen-bond donors (Lipinski definition) is 2. The van der Waals surface area contributed by atoms with Crippen molar-refractivity contribution in [1.82, 2.24) is 5.32 Å². The maximum atomic E-state index is 11.1.